The van der Waals surface area contributed by atoms with E-state index in [0.717, 1.165) is 0 Å². The van der Waals surface area contributed by atoms with E-state index in [2.05, 4.69) is 15.1 Å². The zero-order valence-electron chi connectivity index (χ0n) is 7.93. The van der Waals surface area contributed by atoms with Crippen molar-refractivity contribution >= 4 is 0 Å². The Hall–Kier alpha value is -1.95. The van der Waals surface area contributed by atoms with Gasteiger partial charge in [0.2, 0.25) is 11.7 Å². The molecule has 3 N–H and O–H groups in total. The number of aromatic amines is 1. The molecule has 0 fully saturated rings. The summed E-state index contributed by atoms with van der Waals surface area (Å²) in [5.41, 5.74) is 5.50. The number of nitrogens with two attached hydrogens (primary N) is 1. The van der Waals surface area contributed by atoms with Gasteiger partial charge in [0, 0.05) is 19.2 Å². The molecular weight excluding hydrogens is 196 g/mol. The number of rotatable bonds is 3. The lowest BCUT2D eigenvalue weighted by atomic mass is 10.3. The Kier molecular flexibility index (Phi) is 2.59. The van der Waals surface area contributed by atoms with Crippen LogP contribution in [0.5, 0.6) is 0 Å². The van der Waals surface area contributed by atoms with Crippen molar-refractivity contribution in [2.45, 2.75) is 6.42 Å². The van der Waals surface area contributed by atoms with E-state index in [9.17, 15) is 4.79 Å². The Morgan fingerprint density at radius 2 is 2.40 bits per heavy atom. The van der Waals surface area contributed by atoms with Crippen molar-refractivity contribution in [1.29, 1.82) is 0 Å². The van der Waals surface area contributed by atoms with Crippen LogP contribution >= 0.6 is 0 Å². The van der Waals surface area contributed by atoms with Gasteiger partial charge in [0.1, 0.15) is 0 Å². The molecular formula is C9H10N4O2. The summed E-state index contributed by atoms with van der Waals surface area (Å²) in [6.45, 7) is 0.437. The van der Waals surface area contributed by atoms with E-state index in [0.29, 0.717) is 30.2 Å². The van der Waals surface area contributed by atoms with Crippen LogP contribution in [-0.2, 0) is 6.42 Å². The van der Waals surface area contributed by atoms with Crippen LogP contribution in [0.15, 0.2) is 27.6 Å². The third kappa shape index (κ3) is 1.94. The van der Waals surface area contributed by atoms with E-state index in [1.54, 1.807) is 18.3 Å². The van der Waals surface area contributed by atoms with Crippen molar-refractivity contribution in [1.82, 2.24) is 15.1 Å². The maximum absolute atomic E-state index is 11.4. The molecule has 2 heterocycles. The second-order valence-electron chi connectivity index (χ2n) is 2.96. The van der Waals surface area contributed by atoms with Crippen LogP contribution in [0, 0.1) is 0 Å². The van der Waals surface area contributed by atoms with Crippen LogP contribution in [0.25, 0.3) is 11.4 Å². The van der Waals surface area contributed by atoms with Gasteiger partial charge in [-0.15, -0.1) is 0 Å². The second kappa shape index (κ2) is 4.05. The average molecular weight is 206 g/mol. The number of aromatic nitrogens is 3. The fourth-order valence-corrected chi connectivity index (χ4v) is 1.19. The first-order valence-electron chi connectivity index (χ1n) is 4.52. The molecule has 0 aromatic carbocycles. The predicted molar refractivity (Wildman–Crippen MR) is 53.1 cm³/mol. The minimum absolute atomic E-state index is 0.238. The smallest absolute Gasteiger partial charge is 0.259 e. The molecule has 2 rings (SSSR count). The van der Waals surface area contributed by atoms with Gasteiger partial charge in [0.15, 0.2) is 0 Å². The molecule has 0 saturated carbocycles. The molecule has 6 heteroatoms. The molecule has 2 aromatic rings. The van der Waals surface area contributed by atoms with Crippen molar-refractivity contribution in [2.24, 2.45) is 5.73 Å². The van der Waals surface area contributed by atoms with Crippen molar-refractivity contribution in [3.05, 3.63) is 34.6 Å². The second-order valence-corrected chi connectivity index (χ2v) is 2.96. The fraction of sp³-hybridized carbons (Fsp3) is 0.222. The highest BCUT2D eigenvalue weighted by Crippen LogP contribution is 2.09. The zero-order chi connectivity index (χ0) is 10.7. The van der Waals surface area contributed by atoms with Gasteiger partial charge in [-0.25, -0.2) is 0 Å². The number of hydrogen-bond donors (Lipinski definition) is 2. The lowest BCUT2D eigenvalue weighted by Crippen LogP contribution is -2.08. The number of hydrogen-bond acceptors (Lipinski definition) is 5. The molecule has 0 unspecified atom stereocenters. The lowest BCUT2D eigenvalue weighted by molar-refractivity contribution is 0.380. The topological polar surface area (TPSA) is 97.8 Å². The predicted octanol–water partition coefficient (Wildman–Crippen LogP) is -0.0739. The average Bonchev–Trinajstić information content (AvgIpc) is 2.68. The minimum Gasteiger partial charge on any atom is -0.339 e. The molecule has 15 heavy (non-hydrogen) atoms. The molecule has 0 bridgehead atoms. The summed E-state index contributed by atoms with van der Waals surface area (Å²) in [5.74, 6) is 0.732. The first-order valence-corrected chi connectivity index (χ1v) is 4.52. The Balaban J connectivity index is 2.38. The molecule has 0 aliphatic heterocycles. The Bertz CT molecular complexity index is 503. The van der Waals surface area contributed by atoms with Crippen LogP contribution in [-0.4, -0.2) is 21.7 Å². The van der Waals surface area contributed by atoms with Gasteiger partial charge in [0.25, 0.3) is 5.56 Å². The van der Waals surface area contributed by atoms with E-state index in [1.165, 1.54) is 0 Å². The van der Waals surface area contributed by atoms with Crippen LogP contribution in [0.1, 0.15) is 5.89 Å². The molecule has 0 amide bonds. The summed E-state index contributed by atoms with van der Waals surface area (Å²) >= 11 is 0. The molecule has 0 aliphatic carbocycles. The van der Waals surface area contributed by atoms with E-state index >= 15 is 0 Å². The largest absolute Gasteiger partial charge is 0.339 e. The van der Waals surface area contributed by atoms with Gasteiger partial charge in [-0.1, -0.05) is 5.16 Å². The third-order valence-electron chi connectivity index (χ3n) is 1.89. The molecule has 0 radical (unpaired) electrons. The first-order chi connectivity index (χ1) is 7.31. The molecule has 0 saturated heterocycles. The van der Waals surface area contributed by atoms with Gasteiger partial charge in [0.05, 0.1) is 5.56 Å². The summed E-state index contributed by atoms with van der Waals surface area (Å²) in [7, 11) is 0. The third-order valence-corrected chi connectivity index (χ3v) is 1.89. The van der Waals surface area contributed by atoms with E-state index < -0.39 is 0 Å². The van der Waals surface area contributed by atoms with Crippen LogP contribution < -0.4 is 11.3 Å². The van der Waals surface area contributed by atoms with Crippen molar-refractivity contribution in [2.75, 3.05) is 6.54 Å². The summed E-state index contributed by atoms with van der Waals surface area (Å²) < 4.78 is 4.92. The van der Waals surface area contributed by atoms with Crippen molar-refractivity contribution < 1.29 is 4.52 Å². The highest BCUT2D eigenvalue weighted by molar-refractivity contribution is 5.51. The van der Waals surface area contributed by atoms with E-state index in [1.807, 2.05) is 0 Å². The molecule has 0 atom stereocenters. The van der Waals surface area contributed by atoms with Gasteiger partial charge < -0.3 is 15.2 Å². The van der Waals surface area contributed by atoms with Crippen molar-refractivity contribution in [3.8, 4) is 11.4 Å². The van der Waals surface area contributed by atoms with Crippen LogP contribution in [0.4, 0.5) is 0 Å². The highest BCUT2D eigenvalue weighted by atomic mass is 16.5. The zero-order valence-corrected chi connectivity index (χ0v) is 7.93. The quantitative estimate of drug-likeness (QED) is 0.732. The SMILES string of the molecule is NCCc1nc(-c2ccc[nH]c2=O)no1. The summed E-state index contributed by atoms with van der Waals surface area (Å²) in [5, 5.41) is 3.70. The molecule has 6 nitrogen and oxygen atoms in total. The van der Waals surface area contributed by atoms with Gasteiger partial charge in [-0.3, -0.25) is 4.79 Å². The molecule has 0 aliphatic rings. The Labute approximate surface area is 85.1 Å². The minimum atomic E-state index is -0.238. The maximum atomic E-state index is 11.4. The van der Waals surface area contributed by atoms with Crippen molar-refractivity contribution in [3.63, 3.8) is 0 Å². The van der Waals surface area contributed by atoms with Gasteiger partial charge in [-0.05, 0) is 12.1 Å². The maximum Gasteiger partial charge on any atom is 0.259 e. The Morgan fingerprint density at radius 3 is 3.13 bits per heavy atom. The van der Waals surface area contributed by atoms with Crippen LogP contribution in [0.2, 0.25) is 0 Å². The lowest BCUT2D eigenvalue weighted by Gasteiger charge is -1.90. The molecule has 2 aromatic heterocycles. The number of nitrogens with one attached hydrogen (secondary N) is 1. The summed E-state index contributed by atoms with van der Waals surface area (Å²) in [6.07, 6.45) is 2.06. The number of H-pyrrole nitrogens is 1. The number of nitrogens with zero attached hydrogens (tertiary/aromatic N) is 2. The first kappa shape index (κ1) is 9.60. The van der Waals surface area contributed by atoms with Crippen LogP contribution in [0.3, 0.4) is 0 Å². The highest BCUT2D eigenvalue weighted by Gasteiger charge is 2.10. The van der Waals surface area contributed by atoms with E-state index in [-0.39, 0.29) is 5.56 Å². The van der Waals surface area contributed by atoms with Gasteiger partial charge >= 0.3 is 0 Å². The monoisotopic (exact) mass is 206 g/mol. The number of pyridine rings is 1. The molecule has 78 valence electrons. The Morgan fingerprint density at radius 1 is 1.53 bits per heavy atom. The van der Waals surface area contributed by atoms with E-state index in [4.69, 9.17) is 10.3 Å². The fourth-order valence-electron chi connectivity index (χ4n) is 1.19. The normalized spacial score (nSPS) is 10.5. The summed E-state index contributed by atoms with van der Waals surface area (Å²) in [6, 6.07) is 3.34. The van der Waals surface area contributed by atoms with Gasteiger partial charge in [-0.2, -0.15) is 4.98 Å². The standard InChI is InChI=1S/C9H10N4O2/c10-4-3-7-12-8(13-15-7)6-2-1-5-11-9(6)14/h1-2,5H,3-4,10H2,(H,11,14). The summed E-state index contributed by atoms with van der Waals surface area (Å²) in [4.78, 5) is 18.0. The molecule has 0 spiro atoms.